The quantitative estimate of drug-likeness (QED) is 0.903. The molecule has 1 N–H and O–H groups in total. The number of hydrogen-bond donors (Lipinski definition) is 1. The first-order chi connectivity index (χ1) is 9.68. The first-order valence-corrected chi connectivity index (χ1v) is 6.61. The lowest BCUT2D eigenvalue weighted by atomic mass is 10.0. The summed E-state index contributed by atoms with van der Waals surface area (Å²) in [6.45, 7) is 1.46. The molecule has 20 heavy (non-hydrogen) atoms. The van der Waals surface area contributed by atoms with Gasteiger partial charge in [0.1, 0.15) is 0 Å². The topological polar surface area (TPSA) is 45.2 Å². The molecule has 1 aromatic heterocycles. The highest BCUT2D eigenvalue weighted by Crippen LogP contribution is 2.22. The summed E-state index contributed by atoms with van der Waals surface area (Å²) in [5.41, 5.74) is 2.62. The van der Waals surface area contributed by atoms with Crippen molar-refractivity contribution in [2.24, 2.45) is 0 Å². The zero-order chi connectivity index (χ0) is 14.4. The van der Waals surface area contributed by atoms with E-state index in [9.17, 15) is 4.79 Å². The summed E-state index contributed by atoms with van der Waals surface area (Å²) < 4.78 is 0. The minimum Gasteiger partial charge on any atom is -0.351 e. The second-order valence-corrected chi connectivity index (χ2v) is 4.84. The van der Waals surface area contributed by atoms with Gasteiger partial charge in [0.25, 0.3) is 5.91 Å². The van der Waals surface area contributed by atoms with Gasteiger partial charge in [0, 0.05) is 31.0 Å². The summed E-state index contributed by atoms with van der Waals surface area (Å²) in [7, 11) is 3.97. The zero-order valence-electron chi connectivity index (χ0n) is 11.8. The van der Waals surface area contributed by atoms with E-state index in [4.69, 9.17) is 0 Å². The minimum absolute atomic E-state index is 0.0423. The summed E-state index contributed by atoms with van der Waals surface area (Å²) in [6, 6.07) is 11.4. The van der Waals surface area contributed by atoms with E-state index in [0.717, 1.165) is 17.7 Å². The lowest BCUT2D eigenvalue weighted by Crippen LogP contribution is -2.31. The Kier molecular flexibility index (Phi) is 4.85. The van der Waals surface area contributed by atoms with Crippen molar-refractivity contribution < 1.29 is 4.79 Å². The smallest absolute Gasteiger partial charge is 0.251 e. The molecule has 4 heteroatoms. The van der Waals surface area contributed by atoms with Crippen LogP contribution in [0.4, 0.5) is 0 Å². The zero-order valence-corrected chi connectivity index (χ0v) is 11.8. The van der Waals surface area contributed by atoms with E-state index in [1.807, 2.05) is 55.4 Å². The Bertz CT molecular complexity index is 567. The molecule has 4 nitrogen and oxygen atoms in total. The highest BCUT2D eigenvalue weighted by atomic mass is 16.1. The third kappa shape index (κ3) is 3.65. The van der Waals surface area contributed by atoms with E-state index in [2.05, 4.69) is 10.3 Å². The van der Waals surface area contributed by atoms with Crippen molar-refractivity contribution in [1.82, 2.24) is 15.2 Å². The van der Waals surface area contributed by atoms with E-state index in [1.165, 1.54) is 0 Å². The molecule has 2 rings (SSSR count). The number of likely N-dealkylation sites (N-methyl/N-ethyl adjacent to an activating group) is 1. The molecular formula is C16H19N3O. The van der Waals surface area contributed by atoms with E-state index in [0.29, 0.717) is 12.1 Å². The van der Waals surface area contributed by atoms with Gasteiger partial charge in [-0.2, -0.15) is 0 Å². The largest absolute Gasteiger partial charge is 0.351 e. The summed E-state index contributed by atoms with van der Waals surface area (Å²) in [4.78, 5) is 18.3. The van der Waals surface area contributed by atoms with Crippen molar-refractivity contribution in [2.45, 2.75) is 0 Å². The van der Waals surface area contributed by atoms with Crippen molar-refractivity contribution in [3.8, 4) is 11.1 Å². The maximum atomic E-state index is 12.3. The normalized spacial score (nSPS) is 10.6. The van der Waals surface area contributed by atoms with Gasteiger partial charge in [-0.25, -0.2) is 0 Å². The van der Waals surface area contributed by atoms with Crippen LogP contribution in [0.2, 0.25) is 0 Å². The maximum absolute atomic E-state index is 12.3. The highest BCUT2D eigenvalue weighted by Gasteiger charge is 2.11. The first kappa shape index (κ1) is 14.2. The third-order valence-corrected chi connectivity index (χ3v) is 3.01. The Morgan fingerprint density at radius 2 is 1.85 bits per heavy atom. The van der Waals surface area contributed by atoms with Gasteiger partial charge in [0.2, 0.25) is 0 Å². The molecule has 0 spiro atoms. The summed E-state index contributed by atoms with van der Waals surface area (Å²) >= 11 is 0. The molecule has 0 atom stereocenters. The van der Waals surface area contributed by atoms with Gasteiger partial charge in [0.05, 0.1) is 0 Å². The van der Waals surface area contributed by atoms with Gasteiger partial charge in [-0.1, -0.05) is 18.2 Å². The first-order valence-electron chi connectivity index (χ1n) is 6.61. The molecule has 1 heterocycles. The molecule has 0 fully saturated rings. The molecule has 0 unspecified atom stereocenters. The molecule has 0 saturated carbocycles. The number of rotatable bonds is 5. The van der Waals surface area contributed by atoms with Crippen LogP contribution in [0, 0.1) is 0 Å². The van der Waals surface area contributed by atoms with Crippen LogP contribution < -0.4 is 5.32 Å². The number of aromatic nitrogens is 1. The molecular weight excluding hydrogens is 250 g/mol. The fourth-order valence-electron chi connectivity index (χ4n) is 1.95. The van der Waals surface area contributed by atoms with Crippen LogP contribution in [-0.4, -0.2) is 43.0 Å². The Morgan fingerprint density at radius 3 is 2.55 bits per heavy atom. The molecule has 1 amide bonds. The van der Waals surface area contributed by atoms with E-state index >= 15 is 0 Å². The average Bonchev–Trinajstić information content (AvgIpc) is 2.47. The van der Waals surface area contributed by atoms with Gasteiger partial charge in [0.15, 0.2) is 0 Å². The fraction of sp³-hybridized carbons (Fsp3) is 0.250. The van der Waals surface area contributed by atoms with Crippen LogP contribution in [0.3, 0.4) is 0 Å². The molecule has 0 radical (unpaired) electrons. The molecule has 104 valence electrons. The Morgan fingerprint density at radius 1 is 1.15 bits per heavy atom. The third-order valence-electron chi connectivity index (χ3n) is 3.01. The van der Waals surface area contributed by atoms with Gasteiger partial charge in [-0.05, 0) is 43.4 Å². The van der Waals surface area contributed by atoms with Crippen molar-refractivity contribution in [3.05, 3.63) is 54.4 Å². The Labute approximate surface area is 119 Å². The summed E-state index contributed by atoms with van der Waals surface area (Å²) in [5.74, 6) is -0.0423. The van der Waals surface area contributed by atoms with Gasteiger partial charge < -0.3 is 10.2 Å². The van der Waals surface area contributed by atoms with Crippen LogP contribution in [0.15, 0.2) is 48.8 Å². The lowest BCUT2D eigenvalue weighted by molar-refractivity contribution is 0.0951. The average molecular weight is 269 g/mol. The lowest BCUT2D eigenvalue weighted by Gasteiger charge is -2.12. The minimum atomic E-state index is -0.0423. The van der Waals surface area contributed by atoms with Crippen LogP contribution in [0.25, 0.3) is 11.1 Å². The van der Waals surface area contributed by atoms with Crippen LogP contribution in [-0.2, 0) is 0 Å². The molecule has 0 aliphatic rings. The summed E-state index contributed by atoms with van der Waals surface area (Å²) in [6.07, 6.45) is 3.46. The van der Waals surface area contributed by atoms with Crippen molar-refractivity contribution >= 4 is 5.91 Å². The predicted octanol–water partition coefficient (Wildman–Crippen LogP) is 2.04. The van der Waals surface area contributed by atoms with Gasteiger partial charge in [-0.15, -0.1) is 0 Å². The molecule has 0 aliphatic heterocycles. The molecule has 1 aromatic carbocycles. The second kappa shape index (κ2) is 6.82. The fourth-order valence-corrected chi connectivity index (χ4v) is 1.95. The van der Waals surface area contributed by atoms with Crippen LogP contribution in [0.5, 0.6) is 0 Å². The molecule has 2 aromatic rings. The number of nitrogens with one attached hydrogen (secondary N) is 1. The van der Waals surface area contributed by atoms with Crippen molar-refractivity contribution in [3.63, 3.8) is 0 Å². The van der Waals surface area contributed by atoms with Crippen LogP contribution >= 0.6 is 0 Å². The second-order valence-electron chi connectivity index (χ2n) is 4.84. The number of carbonyl (C=O) groups is 1. The Balaban J connectivity index is 2.18. The molecule has 0 saturated heterocycles. The molecule has 0 aliphatic carbocycles. The van der Waals surface area contributed by atoms with E-state index in [-0.39, 0.29) is 5.91 Å². The number of amides is 1. The standard InChI is InChI=1S/C16H19N3O/c1-19(2)12-11-18-16(20)15-6-4-3-5-14(15)13-7-9-17-10-8-13/h3-10H,11-12H2,1-2H3,(H,18,20). The van der Waals surface area contributed by atoms with Crippen molar-refractivity contribution in [2.75, 3.05) is 27.2 Å². The number of pyridine rings is 1. The van der Waals surface area contributed by atoms with Crippen LogP contribution in [0.1, 0.15) is 10.4 Å². The van der Waals surface area contributed by atoms with E-state index < -0.39 is 0 Å². The summed E-state index contributed by atoms with van der Waals surface area (Å²) in [5, 5.41) is 2.94. The SMILES string of the molecule is CN(C)CCNC(=O)c1ccccc1-c1ccncc1. The number of carbonyl (C=O) groups excluding carboxylic acids is 1. The Hall–Kier alpha value is -2.20. The van der Waals surface area contributed by atoms with Crippen molar-refractivity contribution in [1.29, 1.82) is 0 Å². The van der Waals surface area contributed by atoms with Gasteiger partial charge >= 0.3 is 0 Å². The molecule has 0 bridgehead atoms. The van der Waals surface area contributed by atoms with Gasteiger partial charge in [-0.3, -0.25) is 9.78 Å². The number of nitrogens with zero attached hydrogens (tertiary/aromatic N) is 2. The van der Waals surface area contributed by atoms with E-state index in [1.54, 1.807) is 12.4 Å². The monoisotopic (exact) mass is 269 g/mol. The number of benzene rings is 1. The maximum Gasteiger partial charge on any atom is 0.251 e. The predicted molar refractivity (Wildman–Crippen MR) is 80.6 cm³/mol. The number of hydrogen-bond acceptors (Lipinski definition) is 3. The highest BCUT2D eigenvalue weighted by molar-refractivity contribution is 6.00.